The van der Waals surface area contributed by atoms with Gasteiger partial charge in [0.25, 0.3) is 0 Å². The average Bonchev–Trinajstić information content (AvgIpc) is 2.02. The zero-order valence-electron chi connectivity index (χ0n) is 10.7. The fourth-order valence-electron chi connectivity index (χ4n) is 0.935. The molecule has 0 bridgehead atoms. The monoisotopic (exact) mass is 212 g/mol. The molecule has 15 heavy (non-hydrogen) atoms. The lowest BCUT2D eigenvalue weighted by Gasteiger charge is -2.36. The van der Waals surface area contributed by atoms with E-state index in [1.54, 1.807) is 7.05 Å². The van der Waals surface area contributed by atoms with Crippen LogP contribution in [0.1, 0.15) is 34.6 Å². The molecule has 0 spiro atoms. The maximum Gasteiger partial charge on any atom is 0.143 e. The molecule has 3 nitrogen and oxygen atoms in total. The van der Waals surface area contributed by atoms with Crippen molar-refractivity contribution < 1.29 is 4.84 Å². The van der Waals surface area contributed by atoms with Gasteiger partial charge in [-0.15, -0.1) is 0 Å². The second kappa shape index (κ2) is 5.33. The van der Waals surface area contributed by atoms with Crippen molar-refractivity contribution >= 4 is 0 Å². The van der Waals surface area contributed by atoms with E-state index in [0.717, 1.165) is 5.76 Å². The van der Waals surface area contributed by atoms with Gasteiger partial charge < -0.3 is 10.6 Å². The van der Waals surface area contributed by atoms with E-state index in [1.165, 1.54) is 0 Å². The number of nitrogens with one attached hydrogen (secondary N) is 1. The van der Waals surface area contributed by atoms with Gasteiger partial charge in [0.2, 0.25) is 0 Å². The van der Waals surface area contributed by atoms with Gasteiger partial charge in [-0.3, -0.25) is 0 Å². The van der Waals surface area contributed by atoms with Crippen LogP contribution in [0.15, 0.2) is 24.0 Å². The van der Waals surface area contributed by atoms with Crippen LogP contribution in [-0.4, -0.2) is 12.6 Å². The summed E-state index contributed by atoms with van der Waals surface area (Å²) in [6.45, 7) is 10.2. The normalized spacial score (nSPS) is 14.7. The summed E-state index contributed by atoms with van der Waals surface area (Å²) in [5, 5.41) is 0. The van der Waals surface area contributed by atoms with Gasteiger partial charge in [-0.05, 0) is 32.9 Å². The molecule has 0 unspecified atom stereocenters. The Morgan fingerprint density at radius 1 is 1.27 bits per heavy atom. The van der Waals surface area contributed by atoms with Crippen LogP contribution in [-0.2, 0) is 4.84 Å². The number of hydrogen-bond acceptors (Lipinski definition) is 3. The quantitative estimate of drug-likeness (QED) is 0.418. The zero-order valence-corrected chi connectivity index (χ0v) is 10.7. The molecule has 0 aromatic heterocycles. The van der Waals surface area contributed by atoms with Crippen molar-refractivity contribution in [3.8, 4) is 0 Å². The smallest absolute Gasteiger partial charge is 0.143 e. The standard InChI is InChI=1S/C12H24N2O/c1-7-8-10(15-14-6)9-11(2,3)12(4,5)13/h7-9,14H,13H2,1-6H3/b8-7-,10-9+. The molecule has 0 aliphatic heterocycles. The number of nitrogens with two attached hydrogens (primary N) is 1. The van der Waals surface area contributed by atoms with Crippen LogP contribution in [0.5, 0.6) is 0 Å². The molecule has 0 aromatic rings. The van der Waals surface area contributed by atoms with Crippen LogP contribution in [0, 0.1) is 5.41 Å². The zero-order chi connectivity index (χ0) is 12.1. The molecule has 0 amide bonds. The summed E-state index contributed by atoms with van der Waals surface area (Å²) >= 11 is 0. The van der Waals surface area contributed by atoms with Crippen LogP contribution in [0.2, 0.25) is 0 Å². The largest absolute Gasteiger partial charge is 0.409 e. The fraction of sp³-hybridized carbons (Fsp3) is 0.667. The number of rotatable bonds is 5. The average molecular weight is 212 g/mol. The van der Waals surface area contributed by atoms with Gasteiger partial charge in [-0.25, -0.2) is 0 Å². The molecule has 88 valence electrons. The van der Waals surface area contributed by atoms with Crippen LogP contribution in [0.4, 0.5) is 0 Å². The van der Waals surface area contributed by atoms with Gasteiger partial charge in [0, 0.05) is 18.0 Å². The van der Waals surface area contributed by atoms with Crippen molar-refractivity contribution in [1.82, 2.24) is 5.48 Å². The third-order valence-corrected chi connectivity index (χ3v) is 2.71. The summed E-state index contributed by atoms with van der Waals surface area (Å²) in [5.41, 5.74) is 8.34. The Kier molecular flexibility index (Phi) is 5.05. The lowest BCUT2D eigenvalue weighted by Crippen LogP contribution is -2.46. The minimum Gasteiger partial charge on any atom is -0.409 e. The van der Waals surface area contributed by atoms with Gasteiger partial charge in [0.1, 0.15) is 5.76 Å². The minimum absolute atomic E-state index is 0.140. The predicted octanol–water partition coefficient (Wildman–Crippen LogP) is 2.36. The van der Waals surface area contributed by atoms with Crippen LogP contribution >= 0.6 is 0 Å². The summed E-state index contributed by atoms with van der Waals surface area (Å²) < 4.78 is 0. The molecule has 0 aliphatic rings. The summed E-state index contributed by atoms with van der Waals surface area (Å²) in [4.78, 5) is 5.28. The van der Waals surface area contributed by atoms with Crippen LogP contribution < -0.4 is 11.2 Å². The molecule has 3 N–H and O–H groups in total. The molecular formula is C12H24N2O. The van der Waals surface area contributed by atoms with Gasteiger partial charge in [0.15, 0.2) is 0 Å². The van der Waals surface area contributed by atoms with Crippen molar-refractivity contribution in [1.29, 1.82) is 0 Å². The maximum atomic E-state index is 6.11. The van der Waals surface area contributed by atoms with E-state index in [2.05, 4.69) is 19.3 Å². The summed E-state index contributed by atoms with van der Waals surface area (Å²) in [5.74, 6) is 0.781. The van der Waals surface area contributed by atoms with E-state index < -0.39 is 0 Å². The van der Waals surface area contributed by atoms with Crippen molar-refractivity contribution in [2.24, 2.45) is 11.1 Å². The Balaban J connectivity index is 4.95. The Morgan fingerprint density at radius 3 is 2.13 bits per heavy atom. The fourth-order valence-corrected chi connectivity index (χ4v) is 0.935. The lowest BCUT2D eigenvalue weighted by atomic mass is 9.75. The van der Waals surface area contributed by atoms with E-state index in [0.29, 0.717) is 0 Å². The summed E-state index contributed by atoms with van der Waals surface area (Å²) in [6, 6.07) is 0. The van der Waals surface area contributed by atoms with E-state index in [9.17, 15) is 0 Å². The van der Waals surface area contributed by atoms with Crippen LogP contribution in [0.3, 0.4) is 0 Å². The number of hydrogen-bond donors (Lipinski definition) is 2. The topological polar surface area (TPSA) is 47.3 Å². The Bertz CT molecular complexity index is 247. The Labute approximate surface area is 93.3 Å². The molecule has 0 rings (SSSR count). The number of hydroxylamine groups is 1. The molecule has 0 saturated carbocycles. The first-order valence-corrected chi connectivity index (χ1v) is 5.22. The third kappa shape index (κ3) is 4.49. The number of allylic oxidation sites excluding steroid dienone is 2. The molecule has 0 saturated heterocycles. The van der Waals surface area contributed by atoms with Crippen molar-refractivity contribution in [3.05, 3.63) is 24.0 Å². The molecule has 0 atom stereocenters. The van der Waals surface area contributed by atoms with E-state index in [1.807, 2.05) is 39.0 Å². The van der Waals surface area contributed by atoms with Gasteiger partial charge in [-0.2, -0.15) is 5.48 Å². The molecule has 0 heterocycles. The van der Waals surface area contributed by atoms with E-state index in [-0.39, 0.29) is 11.0 Å². The van der Waals surface area contributed by atoms with Crippen molar-refractivity contribution in [3.63, 3.8) is 0 Å². The van der Waals surface area contributed by atoms with Crippen LogP contribution in [0.25, 0.3) is 0 Å². The molecule has 3 heteroatoms. The minimum atomic E-state index is -0.295. The summed E-state index contributed by atoms with van der Waals surface area (Å²) in [7, 11) is 1.73. The molecular weight excluding hydrogens is 188 g/mol. The first-order valence-electron chi connectivity index (χ1n) is 5.22. The highest BCUT2D eigenvalue weighted by molar-refractivity contribution is 5.17. The van der Waals surface area contributed by atoms with Crippen molar-refractivity contribution in [2.45, 2.75) is 40.2 Å². The second-order valence-electron chi connectivity index (χ2n) is 4.80. The van der Waals surface area contributed by atoms with Gasteiger partial charge >= 0.3 is 0 Å². The van der Waals surface area contributed by atoms with E-state index >= 15 is 0 Å². The molecule has 0 aromatic carbocycles. The highest BCUT2D eigenvalue weighted by Gasteiger charge is 2.31. The Hall–Kier alpha value is -0.800. The first kappa shape index (κ1) is 14.2. The lowest BCUT2D eigenvalue weighted by molar-refractivity contribution is 0.129. The highest BCUT2D eigenvalue weighted by atomic mass is 16.6. The maximum absolute atomic E-state index is 6.11. The molecule has 0 fully saturated rings. The van der Waals surface area contributed by atoms with Gasteiger partial charge in [0.05, 0.1) is 0 Å². The van der Waals surface area contributed by atoms with E-state index in [4.69, 9.17) is 10.6 Å². The predicted molar refractivity (Wildman–Crippen MR) is 65.1 cm³/mol. The molecule has 0 aliphatic carbocycles. The third-order valence-electron chi connectivity index (χ3n) is 2.71. The SMILES string of the molecule is C/C=C\C(=C/C(C)(C)C(C)(C)N)ONC. The molecule has 0 radical (unpaired) electrons. The Morgan fingerprint density at radius 2 is 1.80 bits per heavy atom. The highest BCUT2D eigenvalue weighted by Crippen LogP contribution is 2.31. The van der Waals surface area contributed by atoms with Gasteiger partial charge in [-0.1, -0.05) is 19.9 Å². The summed E-state index contributed by atoms with van der Waals surface area (Å²) in [6.07, 6.45) is 5.87. The second-order valence-corrected chi connectivity index (χ2v) is 4.80. The first-order chi connectivity index (χ1) is 6.74. The van der Waals surface area contributed by atoms with Crippen molar-refractivity contribution in [2.75, 3.05) is 7.05 Å².